The first kappa shape index (κ1) is 22.3. The van der Waals surface area contributed by atoms with Gasteiger partial charge in [0.15, 0.2) is 5.76 Å². The van der Waals surface area contributed by atoms with Gasteiger partial charge in [-0.15, -0.1) is 24.8 Å². The maximum atomic E-state index is 13.9. The van der Waals surface area contributed by atoms with Crippen LogP contribution in [0.3, 0.4) is 0 Å². The number of hydrogen-bond acceptors (Lipinski definition) is 4. The van der Waals surface area contributed by atoms with E-state index in [0.717, 1.165) is 25.2 Å². The lowest BCUT2D eigenvalue weighted by Crippen LogP contribution is -2.45. The molecule has 0 radical (unpaired) electrons. The molecule has 0 amide bonds. The Balaban J connectivity index is 0.00000140. The molecule has 1 aromatic heterocycles. The lowest BCUT2D eigenvalue weighted by Gasteiger charge is -2.35. The van der Waals surface area contributed by atoms with Crippen molar-refractivity contribution in [3.8, 4) is 11.3 Å². The predicted molar refractivity (Wildman–Crippen MR) is 109 cm³/mol. The predicted octanol–water partition coefficient (Wildman–Crippen LogP) is 4.61. The van der Waals surface area contributed by atoms with Crippen molar-refractivity contribution in [3.63, 3.8) is 0 Å². The lowest BCUT2D eigenvalue weighted by molar-refractivity contribution is 0.140. The van der Waals surface area contributed by atoms with Crippen LogP contribution in [0.5, 0.6) is 0 Å². The molecular weight excluding hydrogens is 407 g/mol. The van der Waals surface area contributed by atoms with Crippen molar-refractivity contribution in [2.45, 2.75) is 12.6 Å². The summed E-state index contributed by atoms with van der Waals surface area (Å²) in [6.45, 7) is 2.84. The van der Waals surface area contributed by atoms with Crippen LogP contribution in [-0.4, -0.2) is 29.5 Å². The van der Waals surface area contributed by atoms with Crippen LogP contribution < -0.4 is 5.32 Å². The fraction of sp³-hybridized carbons (Fsp3) is 0.250. The molecule has 1 atom stereocenters. The van der Waals surface area contributed by atoms with Crippen molar-refractivity contribution in [1.82, 2.24) is 15.2 Å². The van der Waals surface area contributed by atoms with E-state index in [1.54, 1.807) is 36.5 Å². The molecule has 0 saturated carbocycles. The zero-order chi connectivity index (χ0) is 17.9. The van der Waals surface area contributed by atoms with Gasteiger partial charge >= 0.3 is 0 Å². The summed E-state index contributed by atoms with van der Waals surface area (Å²) in [5.41, 5.74) is 1.31. The molecule has 1 aliphatic heterocycles. The Kier molecular flexibility index (Phi) is 7.95. The van der Waals surface area contributed by atoms with E-state index in [1.165, 1.54) is 12.1 Å². The van der Waals surface area contributed by atoms with E-state index in [4.69, 9.17) is 4.42 Å². The Hall–Kier alpha value is -1.99. The second kappa shape index (κ2) is 9.98. The first-order chi connectivity index (χ1) is 12.7. The van der Waals surface area contributed by atoms with E-state index in [-0.39, 0.29) is 42.5 Å². The quantitative estimate of drug-likeness (QED) is 0.659. The number of rotatable bonds is 4. The minimum atomic E-state index is -0.338. The second-order valence-corrected chi connectivity index (χ2v) is 6.34. The minimum absolute atomic E-state index is 0. The maximum Gasteiger partial charge on any atom is 0.209 e. The van der Waals surface area contributed by atoms with Gasteiger partial charge in [0.2, 0.25) is 5.89 Å². The number of oxazole rings is 1. The summed E-state index contributed by atoms with van der Waals surface area (Å²) in [6.07, 6.45) is 1.55. The van der Waals surface area contributed by atoms with E-state index in [2.05, 4.69) is 15.2 Å². The molecule has 1 N–H and O–H groups in total. The normalized spacial score (nSPS) is 16.9. The first-order valence-electron chi connectivity index (χ1n) is 8.60. The van der Waals surface area contributed by atoms with Crippen molar-refractivity contribution in [3.05, 3.63) is 77.8 Å². The fourth-order valence-corrected chi connectivity index (χ4v) is 3.32. The largest absolute Gasteiger partial charge is 0.439 e. The molecule has 1 fully saturated rings. The maximum absolute atomic E-state index is 13.9. The Morgan fingerprint density at radius 1 is 1.11 bits per heavy atom. The molecule has 4 nitrogen and oxygen atoms in total. The van der Waals surface area contributed by atoms with Crippen molar-refractivity contribution >= 4 is 24.8 Å². The highest BCUT2D eigenvalue weighted by Crippen LogP contribution is 2.27. The molecule has 2 aromatic carbocycles. The summed E-state index contributed by atoms with van der Waals surface area (Å²) in [6, 6.07) is 13.1. The third-order valence-corrected chi connectivity index (χ3v) is 4.62. The number of hydrogen-bond donors (Lipinski definition) is 1. The molecule has 2 heterocycles. The molecule has 28 heavy (non-hydrogen) atoms. The van der Waals surface area contributed by atoms with Crippen LogP contribution in [0.2, 0.25) is 0 Å². The van der Waals surface area contributed by atoms with Crippen LogP contribution in [0.1, 0.15) is 17.5 Å². The Labute approximate surface area is 174 Å². The van der Waals surface area contributed by atoms with E-state index < -0.39 is 0 Å². The average molecular weight is 428 g/mol. The third-order valence-electron chi connectivity index (χ3n) is 4.62. The van der Waals surface area contributed by atoms with Gasteiger partial charge in [0.1, 0.15) is 11.6 Å². The topological polar surface area (TPSA) is 41.3 Å². The molecular formula is C20H21Cl2F2N3O. The number of piperazine rings is 1. The zero-order valence-electron chi connectivity index (χ0n) is 15.0. The van der Waals surface area contributed by atoms with Gasteiger partial charge in [-0.05, 0) is 29.8 Å². The SMILES string of the molecule is Cl.Cl.Fc1cccc(C2CNCCN2Cc2ncc(-c3ccccc3F)o2)c1. The van der Waals surface area contributed by atoms with Crippen molar-refractivity contribution in [2.24, 2.45) is 0 Å². The number of nitrogens with one attached hydrogen (secondary N) is 1. The van der Waals surface area contributed by atoms with Crippen LogP contribution in [0, 0.1) is 11.6 Å². The zero-order valence-corrected chi connectivity index (χ0v) is 16.6. The standard InChI is InChI=1S/C20H19F2N3O.2ClH/c21-15-5-3-4-14(10-15)18-11-23-8-9-25(18)13-20-24-12-19(26-20)16-6-1-2-7-17(16)22;;/h1-7,10,12,18,23H,8-9,11,13H2;2*1H. The Morgan fingerprint density at radius 3 is 2.71 bits per heavy atom. The molecule has 4 rings (SSSR count). The summed E-state index contributed by atoms with van der Waals surface area (Å²) in [5, 5.41) is 3.34. The van der Waals surface area contributed by atoms with Crippen LogP contribution in [0.25, 0.3) is 11.3 Å². The second-order valence-electron chi connectivity index (χ2n) is 6.34. The highest BCUT2D eigenvalue weighted by Gasteiger charge is 2.25. The molecule has 8 heteroatoms. The van der Waals surface area contributed by atoms with Gasteiger partial charge in [0.05, 0.1) is 18.3 Å². The van der Waals surface area contributed by atoms with E-state index in [9.17, 15) is 8.78 Å². The molecule has 0 aliphatic carbocycles. The van der Waals surface area contributed by atoms with Crippen molar-refractivity contribution < 1.29 is 13.2 Å². The lowest BCUT2D eigenvalue weighted by atomic mass is 10.0. The van der Waals surface area contributed by atoms with Gasteiger partial charge in [-0.25, -0.2) is 13.8 Å². The van der Waals surface area contributed by atoms with Crippen LogP contribution in [0.4, 0.5) is 8.78 Å². The highest BCUT2D eigenvalue weighted by molar-refractivity contribution is 5.85. The smallest absolute Gasteiger partial charge is 0.209 e. The molecule has 3 aromatic rings. The monoisotopic (exact) mass is 427 g/mol. The Bertz CT molecular complexity index is 906. The van der Waals surface area contributed by atoms with Crippen molar-refractivity contribution in [2.75, 3.05) is 19.6 Å². The Morgan fingerprint density at radius 2 is 1.93 bits per heavy atom. The summed E-state index contributed by atoms with van der Waals surface area (Å²) in [7, 11) is 0. The summed E-state index contributed by atoms with van der Waals surface area (Å²) in [4.78, 5) is 6.50. The molecule has 1 aliphatic rings. The van der Waals surface area contributed by atoms with Gasteiger partial charge in [-0.2, -0.15) is 0 Å². The molecule has 0 spiro atoms. The highest BCUT2D eigenvalue weighted by atomic mass is 35.5. The molecule has 1 saturated heterocycles. The summed E-state index contributed by atoms with van der Waals surface area (Å²) >= 11 is 0. The van der Waals surface area contributed by atoms with Crippen molar-refractivity contribution in [1.29, 1.82) is 0 Å². The van der Waals surface area contributed by atoms with Gasteiger partial charge in [-0.3, -0.25) is 4.90 Å². The number of benzene rings is 2. The summed E-state index contributed by atoms with van der Waals surface area (Å²) < 4.78 is 33.3. The van der Waals surface area contributed by atoms with Gasteiger partial charge in [0.25, 0.3) is 0 Å². The number of aromatic nitrogens is 1. The van der Waals surface area contributed by atoms with E-state index in [1.807, 2.05) is 6.07 Å². The first-order valence-corrected chi connectivity index (χ1v) is 8.60. The summed E-state index contributed by atoms with van der Waals surface area (Å²) in [5.74, 6) is 0.350. The molecule has 1 unspecified atom stereocenters. The van der Waals surface area contributed by atoms with Crippen LogP contribution in [-0.2, 0) is 6.54 Å². The molecule has 150 valence electrons. The van der Waals surface area contributed by atoms with Crippen LogP contribution in [0.15, 0.2) is 59.1 Å². The van der Waals surface area contributed by atoms with Crippen LogP contribution >= 0.6 is 24.8 Å². The van der Waals surface area contributed by atoms with Gasteiger partial charge < -0.3 is 9.73 Å². The fourth-order valence-electron chi connectivity index (χ4n) is 3.32. The van der Waals surface area contributed by atoms with E-state index >= 15 is 0 Å². The van der Waals surface area contributed by atoms with E-state index in [0.29, 0.717) is 23.8 Å². The minimum Gasteiger partial charge on any atom is -0.439 e. The third kappa shape index (κ3) is 4.89. The number of nitrogens with zero attached hydrogens (tertiary/aromatic N) is 2. The van der Waals surface area contributed by atoms with Gasteiger partial charge in [0, 0.05) is 25.7 Å². The molecule has 0 bridgehead atoms. The average Bonchev–Trinajstić information content (AvgIpc) is 3.11. The van der Waals surface area contributed by atoms with Gasteiger partial charge in [-0.1, -0.05) is 24.3 Å². The number of halogens is 4.